The molecule has 1 aliphatic carbocycles. The van der Waals surface area contributed by atoms with Gasteiger partial charge in [-0.2, -0.15) is 0 Å². The molecule has 5 rings (SSSR count). The smallest absolute Gasteiger partial charge is 0.323 e. The zero-order chi connectivity index (χ0) is 20.8. The number of halogens is 1. The van der Waals surface area contributed by atoms with E-state index in [-0.39, 0.29) is 12.0 Å². The van der Waals surface area contributed by atoms with Gasteiger partial charge in [-0.15, -0.1) is 0 Å². The summed E-state index contributed by atoms with van der Waals surface area (Å²) in [7, 11) is 4.38. The van der Waals surface area contributed by atoms with Gasteiger partial charge in [0.1, 0.15) is 6.04 Å². The monoisotopic (exact) mass is 473 g/mol. The van der Waals surface area contributed by atoms with Crippen molar-refractivity contribution in [2.75, 3.05) is 26.7 Å². The lowest BCUT2D eigenvalue weighted by molar-refractivity contribution is -0.148. The lowest BCUT2D eigenvalue weighted by atomic mass is 9.72. The number of esters is 1. The first-order valence-electron chi connectivity index (χ1n) is 11.4. The molecule has 4 atom stereocenters. The minimum Gasteiger partial charge on any atom is -0.464 e. The largest absolute Gasteiger partial charge is 0.464 e. The SMILES string of the molecule is CN1C[C@H](COC(=O)C2CCCCCN2)C[C@@H]2c3cccc4c3c(c(Br)n4C)C[C@H]21. The first-order chi connectivity index (χ1) is 14.5. The molecule has 6 heteroatoms. The molecule has 3 aliphatic rings. The van der Waals surface area contributed by atoms with Crippen molar-refractivity contribution in [3.8, 4) is 0 Å². The third kappa shape index (κ3) is 3.51. The molecule has 1 aromatic carbocycles. The molecule has 3 heterocycles. The standard InChI is InChI=1S/C24H32BrN3O2/c1-27-13-15(14-30-24(29)19-8-4-3-5-10-26-19)11-17-16-7-6-9-20-22(16)18(12-21(17)27)23(25)28(20)2/h6-7,9,15,17,19,21,26H,3-5,8,10-14H2,1-2H3/t15-,17-,19?,21-/m1/s1. The van der Waals surface area contributed by atoms with Crippen LogP contribution < -0.4 is 5.32 Å². The van der Waals surface area contributed by atoms with Crippen LogP contribution in [0.3, 0.4) is 0 Å². The number of carbonyl (C=O) groups is 1. The minimum atomic E-state index is -0.116. The molecule has 0 bridgehead atoms. The molecule has 1 N–H and O–H groups in total. The lowest BCUT2D eigenvalue weighted by Crippen LogP contribution is -2.49. The van der Waals surface area contributed by atoms with Gasteiger partial charge in [0.15, 0.2) is 0 Å². The maximum Gasteiger partial charge on any atom is 0.323 e. The molecule has 162 valence electrons. The molecule has 30 heavy (non-hydrogen) atoms. The van der Waals surface area contributed by atoms with Gasteiger partial charge < -0.3 is 19.5 Å². The molecule has 0 amide bonds. The van der Waals surface area contributed by atoms with E-state index in [0.717, 1.165) is 45.2 Å². The second kappa shape index (κ2) is 8.29. The number of aryl methyl sites for hydroxylation is 1. The Morgan fingerprint density at radius 2 is 2.13 bits per heavy atom. The highest BCUT2D eigenvalue weighted by molar-refractivity contribution is 9.10. The van der Waals surface area contributed by atoms with Crippen LogP contribution in [-0.2, 0) is 23.0 Å². The average molecular weight is 474 g/mol. The number of aromatic nitrogens is 1. The number of carbonyl (C=O) groups excluding carboxylic acids is 1. The summed E-state index contributed by atoms with van der Waals surface area (Å²) >= 11 is 3.84. The number of hydrogen-bond acceptors (Lipinski definition) is 4. The molecule has 2 aliphatic heterocycles. The van der Waals surface area contributed by atoms with E-state index in [1.807, 2.05) is 0 Å². The Kier molecular flexibility index (Phi) is 5.67. The maximum absolute atomic E-state index is 12.6. The summed E-state index contributed by atoms with van der Waals surface area (Å²) in [4.78, 5) is 15.1. The summed E-state index contributed by atoms with van der Waals surface area (Å²) in [5, 5.41) is 4.80. The summed E-state index contributed by atoms with van der Waals surface area (Å²) in [6.07, 6.45) is 6.54. The van der Waals surface area contributed by atoms with Crippen molar-refractivity contribution < 1.29 is 9.53 Å². The Hall–Kier alpha value is -1.37. The molecular formula is C24H32BrN3O2. The predicted octanol–water partition coefficient (Wildman–Crippen LogP) is 3.98. The van der Waals surface area contributed by atoms with Crippen LogP contribution in [0.5, 0.6) is 0 Å². The molecule has 2 fully saturated rings. The summed E-state index contributed by atoms with van der Waals surface area (Å²) in [5.41, 5.74) is 4.22. The third-order valence-corrected chi connectivity index (χ3v) is 8.57. The van der Waals surface area contributed by atoms with Gasteiger partial charge in [0.25, 0.3) is 0 Å². The van der Waals surface area contributed by atoms with E-state index in [4.69, 9.17) is 4.74 Å². The van der Waals surface area contributed by atoms with Gasteiger partial charge in [-0.25, -0.2) is 0 Å². The number of likely N-dealkylation sites (N-methyl/N-ethyl adjacent to an activating group) is 1. The third-order valence-electron chi connectivity index (χ3n) is 7.56. The number of benzene rings is 1. The van der Waals surface area contributed by atoms with Gasteiger partial charge >= 0.3 is 5.97 Å². The van der Waals surface area contributed by atoms with E-state index in [2.05, 4.69) is 63.0 Å². The van der Waals surface area contributed by atoms with E-state index < -0.39 is 0 Å². The van der Waals surface area contributed by atoms with Gasteiger partial charge in [0.05, 0.1) is 11.2 Å². The highest BCUT2D eigenvalue weighted by Crippen LogP contribution is 2.47. The molecule has 1 unspecified atom stereocenters. The Balaban J connectivity index is 1.33. The van der Waals surface area contributed by atoms with E-state index in [1.54, 1.807) is 0 Å². The zero-order valence-corrected chi connectivity index (χ0v) is 19.6. The first-order valence-corrected chi connectivity index (χ1v) is 12.2. The quantitative estimate of drug-likeness (QED) is 0.684. The molecule has 0 saturated carbocycles. The van der Waals surface area contributed by atoms with Crippen LogP contribution in [0.4, 0.5) is 0 Å². The highest BCUT2D eigenvalue weighted by Gasteiger charge is 2.41. The summed E-state index contributed by atoms with van der Waals surface area (Å²) in [5.74, 6) is 0.825. The topological polar surface area (TPSA) is 46.5 Å². The van der Waals surface area contributed by atoms with Crippen molar-refractivity contribution in [3.63, 3.8) is 0 Å². The van der Waals surface area contributed by atoms with Crippen LogP contribution in [0.15, 0.2) is 22.8 Å². The first kappa shape index (κ1) is 20.5. The Morgan fingerprint density at radius 1 is 1.27 bits per heavy atom. The van der Waals surface area contributed by atoms with Crippen molar-refractivity contribution in [3.05, 3.63) is 33.9 Å². The van der Waals surface area contributed by atoms with Gasteiger partial charge in [0.2, 0.25) is 0 Å². The van der Waals surface area contributed by atoms with E-state index in [0.29, 0.717) is 24.5 Å². The number of fused-ring (bicyclic) bond motifs is 2. The normalized spacial score (nSPS) is 29.4. The number of likely N-dealkylation sites (tertiary alicyclic amines) is 1. The summed E-state index contributed by atoms with van der Waals surface area (Å²) in [6.45, 7) is 2.45. The van der Waals surface area contributed by atoms with Crippen molar-refractivity contribution in [2.24, 2.45) is 13.0 Å². The van der Waals surface area contributed by atoms with Crippen molar-refractivity contribution in [1.29, 1.82) is 0 Å². The van der Waals surface area contributed by atoms with Crippen LogP contribution in [-0.4, -0.2) is 54.3 Å². The van der Waals surface area contributed by atoms with Crippen LogP contribution in [0.2, 0.25) is 0 Å². The Bertz CT molecular complexity index is 948. The minimum absolute atomic E-state index is 0.0540. The van der Waals surface area contributed by atoms with Gasteiger partial charge in [-0.3, -0.25) is 4.79 Å². The number of rotatable bonds is 3. The molecular weight excluding hydrogens is 442 g/mol. The predicted molar refractivity (Wildman–Crippen MR) is 123 cm³/mol. The van der Waals surface area contributed by atoms with E-state index >= 15 is 0 Å². The number of nitrogens with one attached hydrogen (secondary N) is 1. The summed E-state index contributed by atoms with van der Waals surface area (Å²) < 4.78 is 9.31. The van der Waals surface area contributed by atoms with Crippen LogP contribution in [0.1, 0.15) is 49.1 Å². The van der Waals surface area contributed by atoms with Crippen LogP contribution in [0, 0.1) is 5.92 Å². The molecule has 1 aromatic heterocycles. The fourth-order valence-corrected chi connectivity index (χ4v) is 6.56. The number of nitrogens with zero attached hydrogens (tertiary/aromatic N) is 2. The number of ether oxygens (including phenoxy) is 1. The van der Waals surface area contributed by atoms with E-state index in [9.17, 15) is 4.79 Å². The van der Waals surface area contributed by atoms with E-state index in [1.165, 1.54) is 33.1 Å². The Labute approximate surface area is 187 Å². The van der Waals surface area contributed by atoms with Crippen molar-refractivity contribution in [1.82, 2.24) is 14.8 Å². The van der Waals surface area contributed by atoms with Gasteiger partial charge in [0, 0.05) is 42.4 Å². The second-order valence-electron chi connectivity index (χ2n) is 9.48. The average Bonchev–Trinajstić information content (AvgIpc) is 2.95. The maximum atomic E-state index is 12.6. The fraction of sp³-hybridized carbons (Fsp3) is 0.625. The van der Waals surface area contributed by atoms with Crippen LogP contribution in [0.25, 0.3) is 10.9 Å². The number of piperidine rings is 1. The van der Waals surface area contributed by atoms with Gasteiger partial charge in [-0.05, 0) is 72.4 Å². The molecule has 5 nitrogen and oxygen atoms in total. The molecule has 0 spiro atoms. The Morgan fingerprint density at radius 3 is 3.00 bits per heavy atom. The fourth-order valence-electron chi connectivity index (χ4n) is 6.01. The number of hydrogen-bond donors (Lipinski definition) is 1. The zero-order valence-electron chi connectivity index (χ0n) is 18.0. The molecule has 2 saturated heterocycles. The molecule has 0 radical (unpaired) electrons. The van der Waals surface area contributed by atoms with Gasteiger partial charge in [-0.1, -0.05) is 25.0 Å². The van der Waals surface area contributed by atoms with Crippen molar-refractivity contribution in [2.45, 2.75) is 56.5 Å². The lowest BCUT2D eigenvalue weighted by Gasteiger charge is -2.45. The summed E-state index contributed by atoms with van der Waals surface area (Å²) in [6, 6.07) is 7.12. The molecule has 2 aromatic rings. The van der Waals surface area contributed by atoms with Crippen LogP contribution >= 0.6 is 15.9 Å². The highest BCUT2D eigenvalue weighted by atomic mass is 79.9. The second-order valence-corrected chi connectivity index (χ2v) is 10.2. The van der Waals surface area contributed by atoms with Crippen molar-refractivity contribution >= 4 is 32.8 Å².